The van der Waals surface area contributed by atoms with Gasteiger partial charge < -0.3 is 24.6 Å². The molecule has 26 heavy (non-hydrogen) atoms. The Morgan fingerprint density at radius 1 is 1.12 bits per heavy atom. The Hall–Kier alpha value is -2.44. The number of ether oxygens (including phenoxy) is 2. The molecule has 1 saturated heterocycles. The number of rotatable bonds is 3. The highest BCUT2D eigenvalue weighted by atomic mass is 16.6. The van der Waals surface area contributed by atoms with E-state index in [9.17, 15) is 9.59 Å². The molecule has 0 saturated carbocycles. The molecule has 7 heteroatoms. The zero-order chi connectivity index (χ0) is 19.3. The van der Waals surface area contributed by atoms with Gasteiger partial charge in [0.1, 0.15) is 11.4 Å². The monoisotopic (exact) mass is 363 g/mol. The van der Waals surface area contributed by atoms with Gasteiger partial charge in [-0.15, -0.1) is 0 Å². The summed E-state index contributed by atoms with van der Waals surface area (Å²) < 4.78 is 10.6. The summed E-state index contributed by atoms with van der Waals surface area (Å²) in [5.41, 5.74) is 0.461. The number of nitrogens with one attached hydrogen (secondary N) is 1. The van der Waals surface area contributed by atoms with Crippen molar-refractivity contribution in [1.29, 1.82) is 0 Å². The van der Waals surface area contributed by atoms with Crippen LogP contribution < -0.4 is 10.1 Å². The van der Waals surface area contributed by atoms with E-state index in [0.29, 0.717) is 26.2 Å². The Bertz CT molecular complexity index is 634. The molecule has 0 aromatic heterocycles. The first-order chi connectivity index (χ1) is 12.2. The molecular weight excluding hydrogens is 334 g/mol. The van der Waals surface area contributed by atoms with Gasteiger partial charge in [-0.3, -0.25) is 0 Å². The Morgan fingerprint density at radius 3 is 2.31 bits per heavy atom. The molecule has 0 radical (unpaired) electrons. The van der Waals surface area contributed by atoms with Crippen molar-refractivity contribution in [2.75, 3.05) is 33.3 Å². The number of carbonyl (C=O) groups is 2. The third-order valence-corrected chi connectivity index (χ3v) is 4.15. The van der Waals surface area contributed by atoms with Gasteiger partial charge in [-0.2, -0.15) is 0 Å². The highest BCUT2D eigenvalue weighted by Crippen LogP contribution is 2.19. The first-order valence-corrected chi connectivity index (χ1v) is 8.87. The number of methoxy groups -OCH3 is 1. The molecule has 0 aliphatic carbocycles. The van der Waals surface area contributed by atoms with Crippen molar-refractivity contribution in [3.63, 3.8) is 0 Å². The topological polar surface area (TPSA) is 71.1 Å². The number of carbonyl (C=O) groups excluding carboxylic acids is 2. The minimum Gasteiger partial charge on any atom is -0.497 e. The van der Waals surface area contributed by atoms with Crippen LogP contribution in [0.3, 0.4) is 0 Å². The number of hydrogen-bond acceptors (Lipinski definition) is 4. The Morgan fingerprint density at radius 2 is 1.73 bits per heavy atom. The fourth-order valence-electron chi connectivity index (χ4n) is 2.69. The van der Waals surface area contributed by atoms with Gasteiger partial charge >= 0.3 is 12.1 Å². The van der Waals surface area contributed by atoms with Crippen LogP contribution in [0.25, 0.3) is 0 Å². The van der Waals surface area contributed by atoms with E-state index in [2.05, 4.69) is 5.32 Å². The molecule has 0 unspecified atom stereocenters. The number of hydrogen-bond donors (Lipinski definition) is 1. The third kappa shape index (κ3) is 5.54. The molecule has 144 valence electrons. The quantitative estimate of drug-likeness (QED) is 0.896. The first-order valence-electron chi connectivity index (χ1n) is 8.87. The molecule has 1 fully saturated rings. The number of urea groups is 1. The summed E-state index contributed by atoms with van der Waals surface area (Å²) in [5, 5.41) is 3.00. The van der Waals surface area contributed by atoms with E-state index in [1.807, 2.05) is 52.0 Å². The minimum absolute atomic E-state index is 0.135. The molecule has 1 aliphatic heterocycles. The molecule has 1 atom stereocenters. The molecule has 3 amide bonds. The van der Waals surface area contributed by atoms with Crippen LogP contribution >= 0.6 is 0 Å². The van der Waals surface area contributed by atoms with Gasteiger partial charge in [0.15, 0.2) is 0 Å². The van der Waals surface area contributed by atoms with Crippen molar-refractivity contribution in [1.82, 2.24) is 15.1 Å². The highest BCUT2D eigenvalue weighted by Gasteiger charge is 2.28. The van der Waals surface area contributed by atoms with Gasteiger partial charge in [-0.1, -0.05) is 12.1 Å². The van der Waals surface area contributed by atoms with E-state index in [0.717, 1.165) is 11.3 Å². The summed E-state index contributed by atoms with van der Waals surface area (Å²) >= 11 is 0. The lowest BCUT2D eigenvalue weighted by Gasteiger charge is -2.36. The summed E-state index contributed by atoms with van der Waals surface area (Å²) in [7, 11) is 1.62. The maximum absolute atomic E-state index is 12.5. The van der Waals surface area contributed by atoms with Crippen LogP contribution in [0, 0.1) is 0 Å². The minimum atomic E-state index is -0.516. The molecular formula is C19H29N3O4. The van der Waals surface area contributed by atoms with Crippen molar-refractivity contribution < 1.29 is 19.1 Å². The van der Waals surface area contributed by atoms with Crippen molar-refractivity contribution in [2.24, 2.45) is 0 Å². The average molecular weight is 363 g/mol. The lowest BCUT2D eigenvalue weighted by Crippen LogP contribution is -2.54. The predicted octanol–water partition coefficient (Wildman–Crippen LogP) is 3.02. The molecule has 2 rings (SSSR count). The number of benzene rings is 1. The maximum Gasteiger partial charge on any atom is 0.410 e. The molecule has 0 bridgehead atoms. The SMILES string of the molecule is COc1cccc([C@@H](C)NC(=O)N2CCN(C(=O)OC(C)(C)C)CC2)c1. The summed E-state index contributed by atoms with van der Waals surface area (Å²) in [6.07, 6.45) is -0.331. The molecule has 1 heterocycles. The number of piperazine rings is 1. The summed E-state index contributed by atoms with van der Waals surface area (Å²) in [6.45, 7) is 9.36. The summed E-state index contributed by atoms with van der Waals surface area (Å²) in [6, 6.07) is 7.36. The van der Waals surface area contributed by atoms with Crippen molar-refractivity contribution in [3.05, 3.63) is 29.8 Å². The van der Waals surface area contributed by atoms with E-state index < -0.39 is 5.60 Å². The lowest BCUT2D eigenvalue weighted by atomic mass is 10.1. The van der Waals surface area contributed by atoms with Crippen LogP contribution in [0.2, 0.25) is 0 Å². The normalized spacial score (nSPS) is 16.0. The van der Waals surface area contributed by atoms with Crippen LogP contribution in [0.15, 0.2) is 24.3 Å². The zero-order valence-electron chi connectivity index (χ0n) is 16.2. The van der Waals surface area contributed by atoms with Gasteiger partial charge in [0, 0.05) is 26.2 Å². The van der Waals surface area contributed by atoms with Crippen molar-refractivity contribution in [3.8, 4) is 5.75 Å². The van der Waals surface area contributed by atoms with E-state index in [1.165, 1.54) is 0 Å². The Balaban J connectivity index is 1.85. The fourth-order valence-corrected chi connectivity index (χ4v) is 2.69. The van der Waals surface area contributed by atoms with Crippen LogP contribution in [-0.2, 0) is 4.74 Å². The molecule has 1 N–H and O–H groups in total. The van der Waals surface area contributed by atoms with Gasteiger partial charge in [-0.25, -0.2) is 9.59 Å². The second kappa shape index (κ2) is 8.29. The van der Waals surface area contributed by atoms with E-state index in [4.69, 9.17) is 9.47 Å². The zero-order valence-corrected chi connectivity index (χ0v) is 16.2. The molecule has 1 aromatic carbocycles. The summed E-state index contributed by atoms with van der Waals surface area (Å²) in [4.78, 5) is 27.9. The number of nitrogens with zero attached hydrogens (tertiary/aromatic N) is 2. The maximum atomic E-state index is 12.5. The molecule has 1 aromatic rings. The summed E-state index contributed by atoms with van der Waals surface area (Å²) in [5.74, 6) is 0.759. The fraction of sp³-hybridized carbons (Fsp3) is 0.579. The first kappa shape index (κ1) is 19.9. The number of amides is 3. The average Bonchev–Trinajstić information content (AvgIpc) is 2.60. The smallest absolute Gasteiger partial charge is 0.410 e. The standard InChI is InChI=1S/C19H29N3O4/c1-14(15-7-6-8-16(13-15)25-5)20-17(23)21-9-11-22(12-10-21)18(24)26-19(2,3)4/h6-8,13-14H,9-12H2,1-5H3,(H,20,23)/t14-/m1/s1. The van der Waals surface area contributed by atoms with E-state index in [1.54, 1.807) is 16.9 Å². The molecule has 7 nitrogen and oxygen atoms in total. The molecule has 1 aliphatic rings. The highest BCUT2D eigenvalue weighted by molar-refractivity contribution is 5.75. The lowest BCUT2D eigenvalue weighted by molar-refractivity contribution is 0.0169. The Kier molecular flexibility index (Phi) is 6.34. The third-order valence-electron chi connectivity index (χ3n) is 4.15. The van der Waals surface area contributed by atoms with Crippen molar-refractivity contribution >= 4 is 12.1 Å². The van der Waals surface area contributed by atoms with E-state index >= 15 is 0 Å². The van der Waals surface area contributed by atoms with Crippen molar-refractivity contribution in [2.45, 2.75) is 39.3 Å². The van der Waals surface area contributed by atoms with Crippen LogP contribution in [0.4, 0.5) is 9.59 Å². The second-order valence-electron chi connectivity index (χ2n) is 7.40. The van der Waals surface area contributed by atoms with Gasteiger partial charge in [0.05, 0.1) is 13.2 Å². The van der Waals surface area contributed by atoms with E-state index in [-0.39, 0.29) is 18.2 Å². The van der Waals surface area contributed by atoms with Gasteiger partial charge in [0.25, 0.3) is 0 Å². The van der Waals surface area contributed by atoms with Gasteiger partial charge in [0.2, 0.25) is 0 Å². The van der Waals surface area contributed by atoms with Crippen LogP contribution in [-0.4, -0.2) is 60.8 Å². The van der Waals surface area contributed by atoms with Crippen LogP contribution in [0.5, 0.6) is 5.75 Å². The largest absolute Gasteiger partial charge is 0.497 e. The predicted molar refractivity (Wildman–Crippen MR) is 99.3 cm³/mol. The van der Waals surface area contributed by atoms with Gasteiger partial charge in [-0.05, 0) is 45.4 Å². The van der Waals surface area contributed by atoms with Crippen LogP contribution in [0.1, 0.15) is 39.3 Å². The molecule has 0 spiro atoms. The Labute approximate surface area is 155 Å². The second-order valence-corrected chi connectivity index (χ2v) is 7.40.